The molecule has 0 fully saturated rings. The number of anilines is 1. The van der Waals surface area contributed by atoms with E-state index in [0.717, 1.165) is 36.5 Å². The minimum Gasteiger partial charge on any atom is -0.480 e. The number of carbonyl (C=O) groups is 2. The van der Waals surface area contributed by atoms with E-state index >= 15 is 0 Å². The van der Waals surface area contributed by atoms with Gasteiger partial charge in [-0.2, -0.15) is 9.82 Å². The van der Waals surface area contributed by atoms with Gasteiger partial charge in [-0.25, -0.2) is 13.4 Å². The molecule has 0 saturated carbocycles. The van der Waals surface area contributed by atoms with Gasteiger partial charge in [-0.1, -0.05) is 23.8 Å². The minimum atomic E-state index is -4.15. The van der Waals surface area contributed by atoms with Gasteiger partial charge in [-0.05, 0) is 62.4 Å². The molecule has 0 radical (unpaired) electrons. The third-order valence-electron chi connectivity index (χ3n) is 6.42. The predicted octanol–water partition coefficient (Wildman–Crippen LogP) is 1.97. The lowest BCUT2D eigenvalue weighted by atomic mass is 10.1. The third-order valence-corrected chi connectivity index (χ3v) is 8.19. The molecule has 0 spiro atoms. The van der Waals surface area contributed by atoms with E-state index in [2.05, 4.69) is 31.5 Å². The maximum atomic E-state index is 13.0. The van der Waals surface area contributed by atoms with Crippen molar-refractivity contribution < 1.29 is 23.1 Å². The highest BCUT2D eigenvalue weighted by Crippen LogP contribution is 2.22. The predicted molar refractivity (Wildman–Crippen MR) is 142 cm³/mol. The summed E-state index contributed by atoms with van der Waals surface area (Å²) in [5, 5.41) is 19.7. The molecule has 11 nitrogen and oxygen atoms in total. The van der Waals surface area contributed by atoms with Crippen molar-refractivity contribution in [3.8, 4) is 0 Å². The SMILES string of the molecule is Cc1cc(C)c(S(=O)(=O)N[C@@H](CNC(=O)c2ccnn2CCc2ccc3c(n2)NCCC3)C(=O)O)c(C)c1. The molecule has 3 aromatic rings. The number of nitrogens with zero attached hydrogens (tertiary/aromatic N) is 3. The van der Waals surface area contributed by atoms with Gasteiger partial charge in [-0.15, -0.1) is 0 Å². The first-order chi connectivity index (χ1) is 18.0. The number of nitrogens with one attached hydrogen (secondary N) is 3. The Morgan fingerprint density at radius 2 is 1.89 bits per heavy atom. The smallest absolute Gasteiger partial charge is 0.323 e. The van der Waals surface area contributed by atoms with Crippen molar-refractivity contribution in [1.82, 2.24) is 24.8 Å². The van der Waals surface area contributed by atoms with Crippen LogP contribution in [0.25, 0.3) is 0 Å². The number of aryl methyl sites for hydroxylation is 6. The Morgan fingerprint density at radius 1 is 1.16 bits per heavy atom. The maximum Gasteiger partial charge on any atom is 0.323 e. The number of sulfonamides is 1. The Kier molecular flexibility index (Phi) is 8.12. The van der Waals surface area contributed by atoms with Crippen molar-refractivity contribution >= 4 is 27.7 Å². The van der Waals surface area contributed by atoms with Gasteiger partial charge >= 0.3 is 5.97 Å². The van der Waals surface area contributed by atoms with E-state index in [1.54, 1.807) is 26.0 Å². The number of carbonyl (C=O) groups excluding carboxylic acids is 1. The van der Waals surface area contributed by atoms with Gasteiger partial charge < -0.3 is 15.7 Å². The highest BCUT2D eigenvalue weighted by atomic mass is 32.2. The molecule has 1 aliphatic rings. The molecule has 4 rings (SSSR count). The standard InChI is InChI=1S/C26H32N6O5S/c1-16-13-17(2)23(18(3)14-16)38(36,37)31-21(26(34)35)15-28-25(33)22-8-11-29-32(22)12-9-20-7-6-19-5-4-10-27-24(19)30-20/h6-8,11,13-14,21,31H,4-5,9-10,12,15H2,1-3H3,(H,27,30)(H,28,33)(H,34,35)/t21-/m0/s1. The molecule has 0 bridgehead atoms. The van der Waals surface area contributed by atoms with Gasteiger partial charge in [0, 0.05) is 37.9 Å². The van der Waals surface area contributed by atoms with Crippen molar-refractivity contribution in [1.29, 1.82) is 0 Å². The summed E-state index contributed by atoms with van der Waals surface area (Å²) in [6.07, 6.45) is 4.10. The number of benzene rings is 1. The lowest BCUT2D eigenvalue weighted by Gasteiger charge is -2.18. The van der Waals surface area contributed by atoms with E-state index in [1.165, 1.54) is 22.5 Å². The highest BCUT2D eigenvalue weighted by molar-refractivity contribution is 7.89. The zero-order valence-electron chi connectivity index (χ0n) is 21.6. The zero-order chi connectivity index (χ0) is 27.4. The van der Waals surface area contributed by atoms with Crippen molar-refractivity contribution in [3.05, 3.63) is 70.2 Å². The van der Waals surface area contributed by atoms with Gasteiger partial charge in [0.05, 0.1) is 4.90 Å². The fourth-order valence-electron chi connectivity index (χ4n) is 4.73. The Morgan fingerprint density at radius 3 is 2.61 bits per heavy atom. The van der Waals surface area contributed by atoms with Crippen LogP contribution in [0.3, 0.4) is 0 Å². The number of aliphatic carboxylic acids is 1. The van der Waals surface area contributed by atoms with E-state index < -0.39 is 34.5 Å². The van der Waals surface area contributed by atoms with E-state index in [9.17, 15) is 23.1 Å². The zero-order valence-corrected chi connectivity index (χ0v) is 22.4. The summed E-state index contributed by atoms with van der Waals surface area (Å²) in [5.41, 5.74) is 4.21. The number of rotatable bonds is 10. The van der Waals surface area contributed by atoms with Crippen LogP contribution in [-0.4, -0.2) is 59.3 Å². The van der Waals surface area contributed by atoms with Crippen LogP contribution in [0.15, 0.2) is 41.4 Å². The molecular formula is C26H32N6O5S. The third kappa shape index (κ3) is 6.20. The molecule has 0 unspecified atom stereocenters. The molecule has 38 heavy (non-hydrogen) atoms. The van der Waals surface area contributed by atoms with Gasteiger partial charge in [-0.3, -0.25) is 14.3 Å². The number of pyridine rings is 1. The van der Waals surface area contributed by atoms with Crippen LogP contribution in [0.4, 0.5) is 5.82 Å². The first kappa shape index (κ1) is 27.3. The van der Waals surface area contributed by atoms with Crippen molar-refractivity contribution in [2.45, 2.75) is 57.5 Å². The molecule has 202 valence electrons. The van der Waals surface area contributed by atoms with Gasteiger partial charge in [0.15, 0.2) is 0 Å². The van der Waals surface area contributed by atoms with Crippen LogP contribution < -0.4 is 15.4 Å². The van der Waals surface area contributed by atoms with Crippen LogP contribution in [0.1, 0.15) is 44.9 Å². The molecule has 1 aliphatic heterocycles. The van der Waals surface area contributed by atoms with E-state index in [1.807, 2.05) is 13.0 Å². The Balaban J connectivity index is 1.40. The number of hydrogen-bond donors (Lipinski definition) is 4. The maximum absolute atomic E-state index is 13.0. The number of hydrogen-bond acceptors (Lipinski definition) is 7. The van der Waals surface area contributed by atoms with Crippen molar-refractivity contribution in [2.75, 3.05) is 18.4 Å². The summed E-state index contributed by atoms with van der Waals surface area (Å²) < 4.78 is 29.8. The second-order valence-corrected chi connectivity index (χ2v) is 11.1. The summed E-state index contributed by atoms with van der Waals surface area (Å²) in [6, 6.07) is 7.43. The molecular weight excluding hydrogens is 508 g/mol. The summed E-state index contributed by atoms with van der Waals surface area (Å²) in [5.74, 6) is -1.07. The molecule has 3 heterocycles. The summed E-state index contributed by atoms with van der Waals surface area (Å²) in [7, 11) is -4.15. The molecule has 1 atom stereocenters. The molecule has 0 saturated heterocycles. The fourth-order valence-corrected chi connectivity index (χ4v) is 6.38. The van der Waals surface area contributed by atoms with Crippen LogP contribution in [-0.2, 0) is 34.2 Å². The normalized spacial score (nSPS) is 13.9. The number of amides is 1. The first-order valence-electron chi connectivity index (χ1n) is 12.4. The second kappa shape index (κ2) is 11.3. The second-order valence-electron chi connectivity index (χ2n) is 9.48. The Hall–Kier alpha value is -3.77. The molecule has 1 aromatic carbocycles. The van der Waals surface area contributed by atoms with Crippen LogP contribution in [0.2, 0.25) is 0 Å². The summed E-state index contributed by atoms with van der Waals surface area (Å²) in [6.45, 7) is 6.01. The number of aromatic nitrogens is 3. The molecule has 2 aromatic heterocycles. The first-order valence-corrected chi connectivity index (χ1v) is 13.9. The quantitative estimate of drug-likeness (QED) is 0.304. The highest BCUT2D eigenvalue weighted by Gasteiger charge is 2.28. The van der Waals surface area contributed by atoms with Crippen LogP contribution in [0, 0.1) is 20.8 Å². The van der Waals surface area contributed by atoms with Crippen molar-refractivity contribution in [2.24, 2.45) is 0 Å². The van der Waals surface area contributed by atoms with E-state index in [0.29, 0.717) is 24.1 Å². The topological polar surface area (TPSA) is 155 Å². The van der Waals surface area contributed by atoms with Crippen molar-refractivity contribution in [3.63, 3.8) is 0 Å². The molecule has 12 heteroatoms. The van der Waals surface area contributed by atoms with E-state index in [-0.39, 0.29) is 10.6 Å². The molecule has 4 N–H and O–H groups in total. The van der Waals surface area contributed by atoms with Gasteiger partial charge in [0.25, 0.3) is 5.91 Å². The number of carboxylic acid groups (broad SMARTS) is 1. The van der Waals surface area contributed by atoms with Crippen LogP contribution in [0.5, 0.6) is 0 Å². The summed E-state index contributed by atoms with van der Waals surface area (Å²) >= 11 is 0. The molecule has 0 aliphatic carbocycles. The Bertz CT molecular complexity index is 1440. The average Bonchev–Trinajstić information content (AvgIpc) is 3.32. The average molecular weight is 541 g/mol. The molecule has 1 amide bonds. The van der Waals surface area contributed by atoms with Gasteiger partial charge in [0.1, 0.15) is 17.6 Å². The lowest BCUT2D eigenvalue weighted by Crippen LogP contribution is -2.48. The minimum absolute atomic E-state index is 0.0322. The Labute approximate surface area is 221 Å². The van der Waals surface area contributed by atoms with Crippen LogP contribution >= 0.6 is 0 Å². The number of fused-ring (bicyclic) bond motifs is 1. The van der Waals surface area contributed by atoms with Gasteiger partial charge in [0.2, 0.25) is 10.0 Å². The largest absolute Gasteiger partial charge is 0.480 e. The lowest BCUT2D eigenvalue weighted by molar-refractivity contribution is -0.138. The monoisotopic (exact) mass is 540 g/mol. The fraction of sp³-hybridized carbons (Fsp3) is 0.385. The van der Waals surface area contributed by atoms with E-state index in [4.69, 9.17) is 0 Å². The summed E-state index contributed by atoms with van der Waals surface area (Å²) in [4.78, 5) is 29.4. The number of carboxylic acids is 1.